The van der Waals surface area contributed by atoms with E-state index in [1.165, 1.54) is 18.2 Å². The van der Waals surface area contributed by atoms with Crippen LogP contribution in [-0.2, 0) is 6.42 Å². The molecule has 1 N–H and O–H groups in total. The molecule has 2 aromatic rings. The third kappa shape index (κ3) is 2.12. The van der Waals surface area contributed by atoms with Gasteiger partial charge in [0.2, 0.25) is 0 Å². The van der Waals surface area contributed by atoms with Crippen LogP contribution in [0.4, 0.5) is 5.69 Å². The van der Waals surface area contributed by atoms with E-state index < -0.39 is 10.9 Å². The third-order valence-corrected chi connectivity index (χ3v) is 3.05. The van der Waals surface area contributed by atoms with Crippen molar-refractivity contribution in [3.8, 4) is 0 Å². The van der Waals surface area contributed by atoms with Crippen molar-refractivity contribution in [1.82, 2.24) is 4.98 Å². The van der Waals surface area contributed by atoms with Gasteiger partial charge in [0.1, 0.15) is 0 Å². The van der Waals surface area contributed by atoms with E-state index in [2.05, 4.69) is 4.98 Å². The van der Waals surface area contributed by atoms with Crippen LogP contribution in [0.15, 0.2) is 18.2 Å². The summed E-state index contributed by atoms with van der Waals surface area (Å²) in [4.78, 5) is 26.0. The maximum atomic E-state index is 11.4. The molecular weight excluding hydrogens is 248 g/mol. The first-order valence-corrected chi connectivity index (χ1v) is 5.76. The van der Waals surface area contributed by atoms with Crippen LogP contribution in [0, 0.1) is 17.0 Å². The highest BCUT2D eigenvalue weighted by Gasteiger charge is 2.19. The number of rotatable bonds is 3. The molecule has 1 heterocycles. The number of aromatic nitrogens is 1. The Morgan fingerprint density at radius 2 is 2.16 bits per heavy atom. The number of carboxylic acid groups (broad SMARTS) is 1. The minimum Gasteiger partial charge on any atom is -0.478 e. The normalized spacial score (nSPS) is 10.6. The number of pyridine rings is 1. The summed E-state index contributed by atoms with van der Waals surface area (Å²) in [6, 6.07) is 4.07. The molecule has 2 rings (SSSR count). The van der Waals surface area contributed by atoms with E-state index in [4.69, 9.17) is 0 Å². The lowest BCUT2D eigenvalue weighted by Gasteiger charge is -2.10. The van der Waals surface area contributed by atoms with Crippen LogP contribution in [-0.4, -0.2) is 21.0 Å². The third-order valence-electron chi connectivity index (χ3n) is 3.05. The summed E-state index contributed by atoms with van der Waals surface area (Å²) >= 11 is 0. The van der Waals surface area contributed by atoms with Crippen molar-refractivity contribution in [2.75, 3.05) is 0 Å². The molecule has 0 unspecified atom stereocenters. The van der Waals surface area contributed by atoms with E-state index in [0.717, 1.165) is 0 Å². The van der Waals surface area contributed by atoms with Gasteiger partial charge in [-0.25, -0.2) is 4.79 Å². The van der Waals surface area contributed by atoms with Gasteiger partial charge in [-0.15, -0.1) is 0 Å². The van der Waals surface area contributed by atoms with E-state index in [9.17, 15) is 20.0 Å². The van der Waals surface area contributed by atoms with Crippen LogP contribution < -0.4 is 0 Å². The van der Waals surface area contributed by atoms with Crippen molar-refractivity contribution < 1.29 is 14.8 Å². The summed E-state index contributed by atoms with van der Waals surface area (Å²) < 4.78 is 0. The lowest BCUT2D eigenvalue weighted by molar-refractivity contribution is -0.384. The number of hydrogen-bond donors (Lipinski definition) is 1. The second kappa shape index (κ2) is 4.64. The van der Waals surface area contributed by atoms with Crippen molar-refractivity contribution in [3.63, 3.8) is 0 Å². The minimum atomic E-state index is -1.09. The van der Waals surface area contributed by atoms with E-state index in [1.54, 1.807) is 6.92 Å². The fourth-order valence-corrected chi connectivity index (χ4v) is 2.20. The highest BCUT2D eigenvalue weighted by atomic mass is 16.6. The number of nitrogens with zero attached hydrogens (tertiary/aromatic N) is 2. The van der Waals surface area contributed by atoms with Crippen molar-refractivity contribution in [2.24, 2.45) is 0 Å². The SMILES string of the molecule is CCc1c(C)nc2ccc([N+](=O)[O-])cc2c1C(=O)O. The van der Waals surface area contributed by atoms with Gasteiger partial charge < -0.3 is 5.11 Å². The molecule has 0 bridgehead atoms. The summed E-state index contributed by atoms with van der Waals surface area (Å²) in [7, 11) is 0. The Kier molecular flexibility index (Phi) is 3.16. The first kappa shape index (κ1) is 12.9. The summed E-state index contributed by atoms with van der Waals surface area (Å²) in [5, 5.41) is 20.4. The van der Waals surface area contributed by atoms with Gasteiger partial charge in [-0.1, -0.05) is 6.92 Å². The van der Waals surface area contributed by atoms with Gasteiger partial charge in [-0.05, 0) is 25.0 Å². The van der Waals surface area contributed by atoms with Gasteiger partial charge in [0.15, 0.2) is 0 Å². The number of nitro benzene ring substituents is 1. The Bertz CT molecular complexity index is 695. The molecule has 0 aliphatic heterocycles. The van der Waals surface area contributed by atoms with E-state index in [1.807, 2.05) is 6.92 Å². The minimum absolute atomic E-state index is 0.105. The molecule has 0 aliphatic rings. The predicted molar refractivity (Wildman–Crippen MR) is 69.5 cm³/mol. The molecule has 1 aromatic carbocycles. The molecule has 1 aromatic heterocycles. The number of non-ortho nitro benzene ring substituents is 1. The predicted octanol–water partition coefficient (Wildman–Crippen LogP) is 2.71. The molecule has 0 aliphatic carbocycles. The van der Waals surface area contributed by atoms with Crippen LogP contribution in [0.3, 0.4) is 0 Å². The van der Waals surface area contributed by atoms with Crippen molar-refractivity contribution >= 4 is 22.6 Å². The Balaban J connectivity index is 2.91. The maximum Gasteiger partial charge on any atom is 0.336 e. The monoisotopic (exact) mass is 260 g/mol. The number of benzene rings is 1. The number of nitro groups is 1. The van der Waals surface area contributed by atoms with Crippen LogP contribution in [0.25, 0.3) is 10.9 Å². The lowest BCUT2D eigenvalue weighted by atomic mass is 9.98. The molecule has 98 valence electrons. The Morgan fingerprint density at radius 1 is 1.47 bits per heavy atom. The van der Waals surface area contributed by atoms with Crippen LogP contribution in [0.5, 0.6) is 0 Å². The number of fused-ring (bicyclic) bond motifs is 1. The topological polar surface area (TPSA) is 93.3 Å². The van der Waals surface area contributed by atoms with Crippen LogP contribution in [0.1, 0.15) is 28.5 Å². The van der Waals surface area contributed by atoms with E-state index >= 15 is 0 Å². The summed E-state index contributed by atoms with van der Waals surface area (Å²) in [5.41, 5.74) is 1.68. The zero-order valence-electron chi connectivity index (χ0n) is 10.5. The molecule has 0 fully saturated rings. The smallest absolute Gasteiger partial charge is 0.336 e. The molecule has 6 nitrogen and oxygen atoms in total. The van der Waals surface area contributed by atoms with Crippen LogP contribution in [0.2, 0.25) is 0 Å². The highest BCUT2D eigenvalue weighted by molar-refractivity contribution is 6.04. The number of hydrogen-bond acceptors (Lipinski definition) is 4. The Labute approximate surface area is 108 Å². The number of carbonyl (C=O) groups is 1. The average Bonchev–Trinajstić information content (AvgIpc) is 2.36. The molecule has 6 heteroatoms. The fourth-order valence-electron chi connectivity index (χ4n) is 2.20. The van der Waals surface area contributed by atoms with E-state index in [-0.39, 0.29) is 11.3 Å². The first-order chi connectivity index (χ1) is 8.95. The van der Waals surface area contributed by atoms with Gasteiger partial charge in [-0.2, -0.15) is 0 Å². The lowest BCUT2D eigenvalue weighted by Crippen LogP contribution is -2.07. The fraction of sp³-hybridized carbons (Fsp3) is 0.231. The highest BCUT2D eigenvalue weighted by Crippen LogP contribution is 2.27. The molecular formula is C13H12N2O4. The molecule has 19 heavy (non-hydrogen) atoms. The largest absolute Gasteiger partial charge is 0.478 e. The van der Waals surface area contributed by atoms with Gasteiger partial charge in [0.05, 0.1) is 16.0 Å². The standard InChI is InChI=1S/C13H12N2O4/c1-3-9-7(2)14-11-5-4-8(15(18)19)6-10(11)12(9)13(16)17/h4-6H,3H2,1-2H3,(H,16,17). The molecule has 0 spiro atoms. The second-order valence-electron chi connectivity index (χ2n) is 4.17. The second-order valence-corrected chi connectivity index (χ2v) is 4.17. The first-order valence-electron chi connectivity index (χ1n) is 5.76. The van der Waals surface area contributed by atoms with Gasteiger partial charge in [0.25, 0.3) is 5.69 Å². The molecule has 0 saturated carbocycles. The quantitative estimate of drug-likeness (QED) is 0.676. The number of carboxylic acids is 1. The Morgan fingerprint density at radius 3 is 2.68 bits per heavy atom. The molecule has 0 radical (unpaired) electrons. The molecule has 0 saturated heterocycles. The van der Waals surface area contributed by atoms with Gasteiger partial charge >= 0.3 is 5.97 Å². The van der Waals surface area contributed by atoms with Crippen molar-refractivity contribution in [1.29, 1.82) is 0 Å². The zero-order valence-corrected chi connectivity index (χ0v) is 10.5. The molecule has 0 amide bonds. The summed E-state index contributed by atoms with van der Waals surface area (Å²) in [6.45, 7) is 3.58. The number of aryl methyl sites for hydroxylation is 1. The Hall–Kier alpha value is -2.50. The van der Waals surface area contributed by atoms with Crippen LogP contribution >= 0.6 is 0 Å². The summed E-state index contributed by atoms with van der Waals surface area (Å²) in [5.74, 6) is -1.09. The van der Waals surface area contributed by atoms with Crippen molar-refractivity contribution in [3.05, 3.63) is 45.1 Å². The average molecular weight is 260 g/mol. The van der Waals surface area contributed by atoms with Crippen molar-refractivity contribution in [2.45, 2.75) is 20.3 Å². The summed E-state index contributed by atoms with van der Waals surface area (Å²) in [6.07, 6.45) is 0.513. The number of aromatic carboxylic acids is 1. The van der Waals surface area contributed by atoms with Gasteiger partial charge in [0, 0.05) is 23.2 Å². The van der Waals surface area contributed by atoms with E-state index in [0.29, 0.717) is 28.6 Å². The van der Waals surface area contributed by atoms with Gasteiger partial charge in [-0.3, -0.25) is 15.1 Å². The zero-order chi connectivity index (χ0) is 14.2. The maximum absolute atomic E-state index is 11.4. The molecule has 0 atom stereocenters.